The summed E-state index contributed by atoms with van der Waals surface area (Å²) in [6.45, 7) is 0.893. The predicted molar refractivity (Wildman–Crippen MR) is 68.0 cm³/mol. The molecule has 0 aliphatic rings. The van der Waals surface area contributed by atoms with Crippen molar-refractivity contribution in [3.05, 3.63) is 24.3 Å². The zero-order valence-corrected chi connectivity index (χ0v) is 10.8. The molecule has 0 aliphatic heterocycles. The molecule has 0 heterocycles. The van der Waals surface area contributed by atoms with Gasteiger partial charge in [-0.3, -0.25) is 0 Å². The second-order valence-electron chi connectivity index (χ2n) is 3.84. The van der Waals surface area contributed by atoms with Crippen LogP contribution in [0.4, 0.5) is 0 Å². The fraction of sp³-hybridized carbons (Fsp3) is 0.500. The lowest BCUT2D eigenvalue weighted by atomic mass is 10.3. The molecule has 1 unspecified atom stereocenters. The van der Waals surface area contributed by atoms with Crippen LogP contribution in [0.25, 0.3) is 0 Å². The van der Waals surface area contributed by atoms with Crippen molar-refractivity contribution < 1.29 is 9.84 Å². The second kappa shape index (κ2) is 6.78. The van der Waals surface area contributed by atoms with Gasteiger partial charge in [0.15, 0.2) is 0 Å². The summed E-state index contributed by atoms with van der Waals surface area (Å²) in [6.07, 6.45) is 0.768. The van der Waals surface area contributed by atoms with Crippen LogP contribution in [0.3, 0.4) is 0 Å². The smallest absolute Gasteiger partial charge is 0.118 e. The fourth-order valence-corrected chi connectivity index (χ4v) is 2.07. The summed E-state index contributed by atoms with van der Waals surface area (Å²) in [5.41, 5.74) is -0.351. The molecule has 16 heavy (non-hydrogen) atoms. The van der Waals surface area contributed by atoms with Crippen molar-refractivity contribution >= 4 is 11.8 Å². The van der Waals surface area contributed by atoms with Crippen LogP contribution in [0.15, 0.2) is 29.2 Å². The van der Waals surface area contributed by atoms with Crippen molar-refractivity contribution in [1.82, 2.24) is 4.90 Å². The van der Waals surface area contributed by atoms with Crippen molar-refractivity contribution in [2.24, 2.45) is 0 Å². The second-order valence-corrected chi connectivity index (χ2v) is 5.09. The number of benzene rings is 1. The largest absolute Gasteiger partial charge is 0.497 e. The van der Waals surface area contributed by atoms with Crippen LogP contribution in [0.5, 0.6) is 5.75 Å². The van der Waals surface area contributed by atoms with Gasteiger partial charge in [0.05, 0.1) is 7.11 Å². The van der Waals surface area contributed by atoms with E-state index in [2.05, 4.69) is 4.90 Å². The highest BCUT2D eigenvalue weighted by atomic mass is 32.2. The van der Waals surface area contributed by atoms with Crippen molar-refractivity contribution in [3.8, 4) is 5.75 Å². The molecule has 0 spiro atoms. The number of nitrogens with zero attached hydrogens (tertiary/aromatic N) is 1. The van der Waals surface area contributed by atoms with Gasteiger partial charge in [-0.25, -0.2) is 0 Å². The lowest BCUT2D eigenvalue weighted by molar-refractivity contribution is 0.232. The van der Waals surface area contributed by atoms with E-state index in [1.165, 1.54) is 11.8 Å². The van der Waals surface area contributed by atoms with Gasteiger partial charge in [-0.15, -0.1) is 0 Å². The van der Waals surface area contributed by atoms with Crippen LogP contribution in [-0.2, 0) is 0 Å². The number of aliphatic hydroxyl groups excluding tert-OH is 1. The van der Waals surface area contributed by atoms with Crippen LogP contribution in [-0.4, -0.2) is 43.2 Å². The van der Waals surface area contributed by atoms with E-state index in [9.17, 15) is 5.11 Å². The molecule has 0 aromatic heterocycles. The first kappa shape index (κ1) is 13.4. The average Bonchev–Trinajstić information content (AvgIpc) is 2.27. The van der Waals surface area contributed by atoms with Gasteiger partial charge in [0.2, 0.25) is 0 Å². The van der Waals surface area contributed by atoms with Gasteiger partial charge >= 0.3 is 0 Å². The highest BCUT2D eigenvalue weighted by Crippen LogP contribution is 2.25. The van der Waals surface area contributed by atoms with E-state index in [-0.39, 0.29) is 5.44 Å². The molecule has 0 amide bonds. The molecule has 0 fully saturated rings. The first-order chi connectivity index (χ1) is 7.61. The summed E-state index contributed by atoms with van der Waals surface area (Å²) in [5, 5.41) is 9.78. The Morgan fingerprint density at radius 2 is 1.94 bits per heavy atom. The van der Waals surface area contributed by atoms with Crippen LogP contribution in [0.2, 0.25) is 0 Å². The van der Waals surface area contributed by atoms with Crippen LogP contribution in [0.1, 0.15) is 6.42 Å². The summed E-state index contributed by atoms with van der Waals surface area (Å²) < 4.78 is 5.07. The van der Waals surface area contributed by atoms with E-state index in [4.69, 9.17) is 4.74 Å². The third-order valence-electron chi connectivity index (χ3n) is 2.15. The van der Waals surface area contributed by atoms with Crippen LogP contribution in [0, 0.1) is 0 Å². The molecule has 1 aromatic carbocycles. The van der Waals surface area contributed by atoms with Crippen LogP contribution >= 0.6 is 11.8 Å². The Morgan fingerprint density at radius 1 is 1.31 bits per heavy atom. The minimum atomic E-state index is -0.351. The maximum atomic E-state index is 9.78. The maximum Gasteiger partial charge on any atom is 0.118 e. The molecule has 0 aliphatic carbocycles. The topological polar surface area (TPSA) is 32.7 Å². The SMILES string of the molecule is COc1ccc(SC(O)CCN(C)C)cc1. The molecule has 3 nitrogen and oxygen atoms in total. The molecule has 0 bridgehead atoms. The molecular weight excluding hydrogens is 222 g/mol. The molecule has 4 heteroatoms. The average molecular weight is 241 g/mol. The monoisotopic (exact) mass is 241 g/mol. The summed E-state index contributed by atoms with van der Waals surface area (Å²) in [5.74, 6) is 0.840. The summed E-state index contributed by atoms with van der Waals surface area (Å²) >= 11 is 1.48. The van der Waals surface area contributed by atoms with Crippen molar-refractivity contribution in [1.29, 1.82) is 0 Å². The van der Waals surface area contributed by atoms with Crippen molar-refractivity contribution in [2.75, 3.05) is 27.7 Å². The molecule has 1 aromatic rings. The number of hydrogen-bond acceptors (Lipinski definition) is 4. The van der Waals surface area contributed by atoms with E-state index in [1.54, 1.807) is 7.11 Å². The number of aliphatic hydroxyl groups is 1. The normalized spacial score (nSPS) is 12.8. The third-order valence-corrected chi connectivity index (χ3v) is 3.21. The van der Waals surface area contributed by atoms with E-state index >= 15 is 0 Å². The Labute approximate surface area is 101 Å². The van der Waals surface area contributed by atoms with E-state index in [0.717, 1.165) is 23.6 Å². The van der Waals surface area contributed by atoms with Crippen molar-refractivity contribution in [2.45, 2.75) is 16.8 Å². The van der Waals surface area contributed by atoms with Gasteiger partial charge in [-0.2, -0.15) is 0 Å². The van der Waals surface area contributed by atoms with E-state index in [1.807, 2.05) is 38.4 Å². The Kier molecular flexibility index (Phi) is 5.66. The molecule has 0 radical (unpaired) electrons. The maximum absolute atomic E-state index is 9.78. The molecule has 1 rings (SSSR count). The van der Waals surface area contributed by atoms with Gasteiger partial charge in [-0.1, -0.05) is 11.8 Å². The number of thioether (sulfide) groups is 1. The van der Waals surface area contributed by atoms with Gasteiger partial charge < -0.3 is 14.7 Å². The number of ether oxygens (including phenoxy) is 1. The van der Waals surface area contributed by atoms with Crippen molar-refractivity contribution in [3.63, 3.8) is 0 Å². The molecule has 90 valence electrons. The number of hydrogen-bond donors (Lipinski definition) is 1. The molecule has 0 saturated heterocycles. The molecule has 1 atom stereocenters. The first-order valence-electron chi connectivity index (χ1n) is 5.25. The highest BCUT2D eigenvalue weighted by Gasteiger charge is 2.06. The van der Waals surface area contributed by atoms with Gasteiger partial charge in [0, 0.05) is 11.4 Å². The van der Waals surface area contributed by atoms with Gasteiger partial charge in [0.25, 0.3) is 0 Å². The zero-order chi connectivity index (χ0) is 12.0. The summed E-state index contributed by atoms with van der Waals surface area (Å²) in [4.78, 5) is 3.13. The standard InChI is InChI=1S/C12H19NO2S/c1-13(2)9-8-12(14)16-11-6-4-10(15-3)5-7-11/h4-7,12,14H,8-9H2,1-3H3. The Morgan fingerprint density at radius 3 is 2.44 bits per heavy atom. The summed E-state index contributed by atoms with van der Waals surface area (Å²) in [7, 11) is 5.66. The predicted octanol–water partition coefficient (Wildman–Crippen LogP) is 2.06. The lowest BCUT2D eigenvalue weighted by Crippen LogP contribution is -2.17. The Balaban J connectivity index is 2.40. The van der Waals surface area contributed by atoms with E-state index < -0.39 is 0 Å². The lowest BCUT2D eigenvalue weighted by Gasteiger charge is -2.14. The molecule has 0 saturated carbocycles. The minimum Gasteiger partial charge on any atom is -0.497 e. The molecule has 1 N–H and O–H groups in total. The number of methoxy groups -OCH3 is 1. The fourth-order valence-electron chi connectivity index (χ4n) is 1.24. The quantitative estimate of drug-likeness (QED) is 0.610. The number of rotatable bonds is 6. The minimum absolute atomic E-state index is 0.351. The highest BCUT2D eigenvalue weighted by molar-refractivity contribution is 7.99. The van der Waals surface area contributed by atoms with Gasteiger partial charge in [0.1, 0.15) is 11.2 Å². The Hall–Kier alpha value is -0.710. The molecular formula is C12H19NO2S. The van der Waals surface area contributed by atoms with Crippen LogP contribution < -0.4 is 4.74 Å². The third kappa shape index (κ3) is 4.88. The summed E-state index contributed by atoms with van der Waals surface area (Å²) in [6, 6.07) is 7.73. The zero-order valence-electron chi connectivity index (χ0n) is 10.0. The van der Waals surface area contributed by atoms with E-state index in [0.29, 0.717) is 0 Å². The first-order valence-corrected chi connectivity index (χ1v) is 6.13. The Bertz CT molecular complexity index is 300. The van der Waals surface area contributed by atoms with Gasteiger partial charge in [-0.05, 0) is 44.8 Å².